The van der Waals surface area contributed by atoms with Gasteiger partial charge in [0.05, 0.1) is 11.3 Å². The Labute approximate surface area is 308 Å². The molecule has 0 spiro atoms. The van der Waals surface area contributed by atoms with Gasteiger partial charge in [-0.05, 0) is 54.6 Å². The van der Waals surface area contributed by atoms with Crippen molar-refractivity contribution in [2.45, 2.75) is 148 Å². The molecule has 1 aliphatic rings. The number of imide groups is 1. The average molecular weight is 687 g/mol. The number of para-hydroxylation sites is 2. The van der Waals surface area contributed by atoms with E-state index >= 15 is 4.79 Å². The van der Waals surface area contributed by atoms with Gasteiger partial charge in [0.2, 0.25) is 0 Å². The van der Waals surface area contributed by atoms with Gasteiger partial charge in [-0.15, -0.1) is 0 Å². The molecule has 0 radical (unpaired) electrons. The van der Waals surface area contributed by atoms with Crippen LogP contribution in [0.2, 0.25) is 0 Å². The molecule has 4 nitrogen and oxygen atoms in total. The van der Waals surface area contributed by atoms with Crippen molar-refractivity contribution in [3.05, 3.63) is 102 Å². The molecule has 0 saturated heterocycles. The quantitative estimate of drug-likeness (QED) is 0.0544. The first-order chi connectivity index (χ1) is 25.2. The van der Waals surface area contributed by atoms with Crippen LogP contribution in [0.3, 0.4) is 0 Å². The predicted octanol–water partition coefficient (Wildman–Crippen LogP) is 14.1. The van der Waals surface area contributed by atoms with Crippen LogP contribution in [0.1, 0.15) is 163 Å². The largest absolute Gasteiger partial charge is 0.310 e. The summed E-state index contributed by atoms with van der Waals surface area (Å²) in [5.74, 6) is -0.272. The molecule has 4 aromatic carbocycles. The van der Waals surface area contributed by atoms with Gasteiger partial charge in [0, 0.05) is 28.4 Å². The van der Waals surface area contributed by atoms with Crippen molar-refractivity contribution in [1.29, 1.82) is 0 Å². The topological polar surface area (TPSA) is 40.6 Å². The first kappa shape index (κ1) is 38.3. The van der Waals surface area contributed by atoms with Crippen molar-refractivity contribution in [3.63, 3.8) is 0 Å². The maximum absolute atomic E-state index is 15.0. The molecule has 0 N–H and O–H groups in total. The summed E-state index contributed by atoms with van der Waals surface area (Å²) in [4.78, 5) is 33.4. The van der Waals surface area contributed by atoms with E-state index in [-0.39, 0.29) is 17.9 Å². The smallest absolute Gasteiger partial charge is 0.263 e. The number of carbonyl (C=O) groups excluding carboxylic acids is 2. The van der Waals surface area contributed by atoms with Crippen LogP contribution in [0.15, 0.2) is 91.0 Å². The van der Waals surface area contributed by atoms with E-state index in [0.717, 1.165) is 66.4 Å². The van der Waals surface area contributed by atoms with Crippen LogP contribution in [0.4, 0.5) is 17.1 Å². The fraction of sp³-hybridized carbons (Fsp3) is 0.489. The molecule has 4 aromatic rings. The fourth-order valence-corrected chi connectivity index (χ4v) is 7.99. The van der Waals surface area contributed by atoms with Gasteiger partial charge in [-0.1, -0.05) is 184 Å². The number of hydrogen-bond acceptors (Lipinski definition) is 3. The van der Waals surface area contributed by atoms with Gasteiger partial charge in [0.1, 0.15) is 0 Å². The second kappa shape index (κ2) is 20.8. The highest BCUT2D eigenvalue weighted by Crippen LogP contribution is 2.43. The molecule has 2 amide bonds. The molecule has 0 saturated carbocycles. The van der Waals surface area contributed by atoms with E-state index in [4.69, 9.17) is 0 Å². The van der Waals surface area contributed by atoms with Crippen molar-refractivity contribution in [3.8, 4) is 0 Å². The second-order valence-electron chi connectivity index (χ2n) is 14.7. The fourth-order valence-electron chi connectivity index (χ4n) is 7.99. The molecule has 0 atom stereocenters. The monoisotopic (exact) mass is 686 g/mol. The summed E-state index contributed by atoms with van der Waals surface area (Å²) in [7, 11) is 0. The van der Waals surface area contributed by atoms with Crippen molar-refractivity contribution in [1.82, 2.24) is 4.90 Å². The van der Waals surface area contributed by atoms with Crippen molar-refractivity contribution >= 4 is 39.6 Å². The summed E-state index contributed by atoms with van der Waals surface area (Å²) in [5, 5.41) is 1.71. The molecule has 272 valence electrons. The van der Waals surface area contributed by atoms with Gasteiger partial charge in [-0.25, -0.2) is 0 Å². The highest BCUT2D eigenvalue weighted by Gasteiger charge is 2.39. The van der Waals surface area contributed by atoms with Crippen LogP contribution < -0.4 is 4.90 Å². The van der Waals surface area contributed by atoms with Crippen molar-refractivity contribution in [2.24, 2.45) is 0 Å². The summed E-state index contributed by atoms with van der Waals surface area (Å²) in [6, 6.07) is 30.5. The van der Waals surface area contributed by atoms with Gasteiger partial charge in [-0.3, -0.25) is 14.5 Å². The Morgan fingerprint density at radius 1 is 0.490 bits per heavy atom. The van der Waals surface area contributed by atoms with Gasteiger partial charge in [0.15, 0.2) is 0 Å². The number of hydrogen-bond donors (Lipinski definition) is 0. The minimum absolute atomic E-state index is 0.0996. The Morgan fingerprint density at radius 2 is 0.961 bits per heavy atom. The number of anilines is 3. The number of nitrogens with zero attached hydrogens (tertiary/aromatic N) is 2. The molecule has 4 heteroatoms. The van der Waals surface area contributed by atoms with Crippen LogP contribution >= 0.6 is 0 Å². The Morgan fingerprint density at radius 3 is 1.45 bits per heavy atom. The Hall–Kier alpha value is -3.92. The number of rotatable bonds is 24. The lowest BCUT2D eigenvalue weighted by Crippen LogP contribution is -2.47. The summed E-state index contributed by atoms with van der Waals surface area (Å²) >= 11 is 0. The number of amides is 2. The molecular formula is C47H62N2O2. The van der Waals surface area contributed by atoms with Gasteiger partial charge in [-0.2, -0.15) is 0 Å². The van der Waals surface area contributed by atoms with Crippen molar-refractivity contribution in [2.75, 3.05) is 4.90 Å². The number of unbranched alkanes of at least 4 members (excludes halogenated alkanes) is 16. The van der Waals surface area contributed by atoms with E-state index in [2.05, 4.69) is 55.1 Å². The van der Waals surface area contributed by atoms with E-state index < -0.39 is 0 Å². The third kappa shape index (κ3) is 10.3. The number of benzene rings is 4. The van der Waals surface area contributed by atoms with E-state index in [1.807, 2.05) is 54.6 Å². The Kier molecular flexibility index (Phi) is 15.6. The first-order valence-corrected chi connectivity index (χ1v) is 20.5. The zero-order valence-electron chi connectivity index (χ0n) is 31.6. The normalized spacial score (nSPS) is 12.7. The van der Waals surface area contributed by atoms with Crippen LogP contribution in [-0.2, 0) is 0 Å². The lowest BCUT2D eigenvalue weighted by molar-refractivity contribution is 0.0517. The molecule has 0 bridgehead atoms. The maximum Gasteiger partial charge on any atom is 0.263 e. The third-order valence-electron chi connectivity index (χ3n) is 10.8. The van der Waals surface area contributed by atoms with Gasteiger partial charge >= 0.3 is 0 Å². The summed E-state index contributed by atoms with van der Waals surface area (Å²) in [6.45, 7) is 4.54. The summed E-state index contributed by atoms with van der Waals surface area (Å²) in [6.07, 6.45) is 24.4. The SMILES string of the molecule is CCCCCCCCCCCC(CCCCCCCCCCC)N1C(=O)c2cccc3ccc(N(c4ccccc4)c4ccccc4)c(c23)C1=O. The van der Waals surface area contributed by atoms with Crippen LogP contribution in [0, 0.1) is 0 Å². The van der Waals surface area contributed by atoms with Crippen molar-refractivity contribution < 1.29 is 9.59 Å². The highest BCUT2D eigenvalue weighted by atomic mass is 16.2. The van der Waals surface area contributed by atoms with E-state index in [9.17, 15) is 4.79 Å². The van der Waals surface area contributed by atoms with Gasteiger partial charge in [0.25, 0.3) is 11.8 Å². The molecule has 0 aliphatic carbocycles. The van der Waals surface area contributed by atoms with E-state index in [0.29, 0.717) is 11.1 Å². The molecule has 1 heterocycles. The molecule has 0 fully saturated rings. The zero-order valence-corrected chi connectivity index (χ0v) is 31.6. The third-order valence-corrected chi connectivity index (χ3v) is 10.8. The first-order valence-electron chi connectivity index (χ1n) is 20.5. The van der Waals surface area contributed by atoms with Crippen LogP contribution in [0.5, 0.6) is 0 Å². The standard InChI is InChI=1S/C47H62N2O2/c1-3-5-7-9-11-13-15-17-21-33-41(34-22-18-16-14-12-10-8-6-4-2)49-46(50)42-35-27-28-38-36-37-43(45(44(38)42)47(49)51)48(39-29-23-19-24-30-39)40-31-25-20-26-32-40/h19-20,23-32,35-37,41H,3-18,21-22,33-34H2,1-2H3. The van der Waals surface area contributed by atoms with Crippen LogP contribution in [-0.4, -0.2) is 22.8 Å². The number of carbonyl (C=O) groups is 2. The molecule has 5 rings (SSSR count). The Balaban J connectivity index is 1.40. The van der Waals surface area contributed by atoms with E-state index in [1.165, 1.54) is 89.9 Å². The lowest BCUT2D eigenvalue weighted by Gasteiger charge is -2.36. The summed E-state index contributed by atoms with van der Waals surface area (Å²) < 4.78 is 0. The Bertz CT molecular complexity index is 1570. The van der Waals surface area contributed by atoms with Crippen LogP contribution in [0.25, 0.3) is 10.8 Å². The highest BCUT2D eigenvalue weighted by molar-refractivity contribution is 6.28. The summed E-state index contributed by atoms with van der Waals surface area (Å²) in [5.41, 5.74) is 4.07. The maximum atomic E-state index is 15.0. The van der Waals surface area contributed by atoms with E-state index in [1.54, 1.807) is 4.90 Å². The predicted molar refractivity (Wildman–Crippen MR) is 217 cm³/mol. The second-order valence-corrected chi connectivity index (χ2v) is 14.7. The molecule has 0 unspecified atom stereocenters. The molecular weight excluding hydrogens is 625 g/mol. The van der Waals surface area contributed by atoms with Gasteiger partial charge < -0.3 is 4.90 Å². The molecule has 1 aliphatic heterocycles. The molecule has 51 heavy (non-hydrogen) atoms. The lowest BCUT2D eigenvalue weighted by atomic mass is 9.89. The minimum atomic E-state index is -0.145. The molecule has 0 aromatic heterocycles. The zero-order chi connectivity index (χ0) is 35.7. The minimum Gasteiger partial charge on any atom is -0.310 e. The average Bonchev–Trinajstić information content (AvgIpc) is 3.16.